The average Bonchev–Trinajstić information content (AvgIpc) is 2.15. The molecule has 1 aromatic rings. The molecule has 4 heteroatoms. The largest absolute Gasteiger partial charge is 0.424 e. The van der Waals surface area contributed by atoms with Gasteiger partial charge in [-0.15, -0.1) is 0 Å². The lowest BCUT2D eigenvalue weighted by atomic mass is 10.7. The lowest BCUT2D eigenvalue weighted by Crippen LogP contribution is -1.99. The second-order valence-corrected chi connectivity index (χ2v) is 2.11. The molecule has 0 N–H and O–H groups in total. The number of esters is 1. The second-order valence-electron chi connectivity index (χ2n) is 1.45. The molecule has 0 fully saturated rings. The highest BCUT2D eigenvalue weighted by molar-refractivity contribution is 7.03. The Bertz CT molecular complexity index is 195. The maximum absolute atomic E-state index is 10.3. The molecule has 0 aliphatic heterocycles. The number of nitrogens with zero attached hydrogens (tertiary/aromatic N) is 1. The van der Waals surface area contributed by atoms with E-state index in [1.165, 1.54) is 24.7 Å². The van der Waals surface area contributed by atoms with Crippen LogP contribution >= 0.6 is 11.5 Å². The summed E-state index contributed by atoms with van der Waals surface area (Å²) in [5.41, 5.74) is 0. The van der Waals surface area contributed by atoms with E-state index in [-0.39, 0.29) is 5.97 Å². The lowest BCUT2D eigenvalue weighted by Gasteiger charge is -1.91. The minimum atomic E-state index is -0.310. The highest BCUT2D eigenvalue weighted by Gasteiger charge is 1.95. The van der Waals surface area contributed by atoms with Crippen LogP contribution in [0, 0.1) is 0 Å². The van der Waals surface area contributed by atoms with Crippen LogP contribution in [0.15, 0.2) is 11.6 Å². The fourth-order valence-electron chi connectivity index (χ4n) is 0.412. The highest BCUT2D eigenvalue weighted by Crippen LogP contribution is 2.10. The van der Waals surface area contributed by atoms with Crippen molar-refractivity contribution in [2.45, 2.75) is 6.92 Å². The van der Waals surface area contributed by atoms with Gasteiger partial charge in [-0.3, -0.25) is 4.79 Å². The van der Waals surface area contributed by atoms with Gasteiger partial charge in [0.25, 0.3) is 0 Å². The Labute approximate surface area is 56.4 Å². The molecule has 0 aromatic carbocycles. The third kappa shape index (κ3) is 1.81. The first-order valence-electron chi connectivity index (χ1n) is 2.37. The SMILES string of the molecule is CC(=O)Oc1cnsc1. The van der Waals surface area contributed by atoms with Crippen LogP contribution in [0.5, 0.6) is 5.75 Å². The van der Waals surface area contributed by atoms with Crippen LogP contribution < -0.4 is 4.74 Å². The Morgan fingerprint density at radius 1 is 1.89 bits per heavy atom. The van der Waals surface area contributed by atoms with Crippen LogP contribution in [0.25, 0.3) is 0 Å². The lowest BCUT2D eigenvalue weighted by molar-refractivity contribution is -0.131. The number of carbonyl (C=O) groups excluding carboxylic acids is 1. The summed E-state index contributed by atoms with van der Waals surface area (Å²) in [6.45, 7) is 1.36. The molecule has 0 spiro atoms. The van der Waals surface area contributed by atoms with Gasteiger partial charge < -0.3 is 4.74 Å². The molecule has 0 saturated heterocycles. The molecule has 48 valence electrons. The first kappa shape index (κ1) is 6.22. The van der Waals surface area contributed by atoms with Gasteiger partial charge in [0.05, 0.1) is 11.6 Å². The molecular weight excluding hydrogens is 138 g/mol. The maximum atomic E-state index is 10.3. The van der Waals surface area contributed by atoms with Crippen molar-refractivity contribution >= 4 is 17.5 Å². The van der Waals surface area contributed by atoms with Crippen LogP contribution in [0.3, 0.4) is 0 Å². The molecule has 0 bridgehead atoms. The molecule has 0 atom stereocenters. The molecule has 1 aromatic heterocycles. The van der Waals surface area contributed by atoms with E-state index < -0.39 is 0 Å². The summed E-state index contributed by atoms with van der Waals surface area (Å²) in [5, 5.41) is 1.67. The van der Waals surface area contributed by atoms with Crippen LogP contribution in [0.4, 0.5) is 0 Å². The quantitative estimate of drug-likeness (QED) is 0.552. The molecule has 0 amide bonds. The van der Waals surface area contributed by atoms with Crippen molar-refractivity contribution < 1.29 is 9.53 Å². The molecule has 3 nitrogen and oxygen atoms in total. The van der Waals surface area contributed by atoms with E-state index in [1.807, 2.05) is 0 Å². The molecule has 0 aliphatic carbocycles. The average molecular weight is 143 g/mol. The minimum absolute atomic E-state index is 0.310. The van der Waals surface area contributed by atoms with Gasteiger partial charge in [0.1, 0.15) is 0 Å². The van der Waals surface area contributed by atoms with Crippen molar-refractivity contribution in [2.24, 2.45) is 0 Å². The molecular formula is C5H5NO2S. The maximum Gasteiger partial charge on any atom is 0.308 e. The number of hydrogen-bond acceptors (Lipinski definition) is 4. The van der Waals surface area contributed by atoms with Gasteiger partial charge in [-0.2, -0.15) is 4.37 Å². The van der Waals surface area contributed by atoms with Crippen LogP contribution in [0.1, 0.15) is 6.92 Å². The number of ether oxygens (including phenoxy) is 1. The Morgan fingerprint density at radius 2 is 2.67 bits per heavy atom. The second kappa shape index (κ2) is 2.59. The van der Waals surface area contributed by atoms with Crippen molar-refractivity contribution in [3.63, 3.8) is 0 Å². The Kier molecular flexibility index (Phi) is 1.79. The number of carbonyl (C=O) groups is 1. The van der Waals surface area contributed by atoms with Gasteiger partial charge in [0, 0.05) is 6.92 Å². The standard InChI is InChI=1S/C5H5NO2S/c1-4(7)8-5-2-6-9-3-5/h2-3H,1H3. The molecule has 0 saturated carbocycles. The summed E-state index contributed by atoms with van der Waals surface area (Å²) in [7, 11) is 0. The summed E-state index contributed by atoms with van der Waals surface area (Å²) >= 11 is 1.25. The number of rotatable bonds is 1. The zero-order valence-corrected chi connectivity index (χ0v) is 5.64. The zero-order chi connectivity index (χ0) is 6.69. The van der Waals surface area contributed by atoms with E-state index in [4.69, 9.17) is 0 Å². The van der Waals surface area contributed by atoms with Gasteiger partial charge in [-0.05, 0) is 11.5 Å². The highest BCUT2D eigenvalue weighted by atomic mass is 32.1. The van der Waals surface area contributed by atoms with E-state index >= 15 is 0 Å². The van der Waals surface area contributed by atoms with Crippen molar-refractivity contribution in [2.75, 3.05) is 0 Å². The van der Waals surface area contributed by atoms with Gasteiger partial charge in [0.15, 0.2) is 5.75 Å². The summed E-state index contributed by atoms with van der Waals surface area (Å²) in [6, 6.07) is 0. The molecule has 0 aliphatic rings. The van der Waals surface area contributed by atoms with Gasteiger partial charge in [0.2, 0.25) is 0 Å². The molecule has 0 unspecified atom stereocenters. The Balaban J connectivity index is 2.58. The van der Waals surface area contributed by atoms with E-state index in [9.17, 15) is 4.79 Å². The van der Waals surface area contributed by atoms with Crippen molar-refractivity contribution in [1.29, 1.82) is 0 Å². The first-order valence-corrected chi connectivity index (χ1v) is 3.20. The van der Waals surface area contributed by atoms with Gasteiger partial charge >= 0.3 is 5.97 Å². The normalized spacial score (nSPS) is 9.00. The molecule has 9 heavy (non-hydrogen) atoms. The molecule has 1 heterocycles. The van der Waals surface area contributed by atoms with E-state index in [0.717, 1.165) is 0 Å². The van der Waals surface area contributed by atoms with E-state index in [1.54, 1.807) is 5.38 Å². The first-order chi connectivity index (χ1) is 4.29. The number of hydrogen-bond donors (Lipinski definition) is 0. The van der Waals surface area contributed by atoms with Crippen molar-refractivity contribution in [3.8, 4) is 5.75 Å². The Hall–Kier alpha value is -0.900. The van der Waals surface area contributed by atoms with Crippen LogP contribution in [0.2, 0.25) is 0 Å². The number of aromatic nitrogens is 1. The summed E-state index contributed by atoms with van der Waals surface area (Å²) in [5.74, 6) is 0.211. The predicted octanol–water partition coefficient (Wildman–Crippen LogP) is 1.07. The summed E-state index contributed by atoms with van der Waals surface area (Å²) in [6.07, 6.45) is 1.51. The Morgan fingerprint density at radius 3 is 3.11 bits per heavy atom. The fourth-order valence-corrected chi connectivity index (χ4v) is 0.850. The van der Waals surface area contributed by atoms with E-state index in [0.29, 0.717) is 5.75 Å². The predicted molar refractivity (Wildman–Crippen MR) is 33.4 cm³/mol. The van der Waals surface area contributed by atoms with Crippen LogP contribution in [-0.4, -0.2) is 10.3 Å². The minimum Gasteiger partial charge on any atom is -0.424 e. The smallest absolute Gasteiger partial charge is 0.308 e. The van der Waals surface area contributed by atoms with Crippen molar-refractivity contribution in [1.82, 2.24) is 4.37 Å². The van der Waals surface area contributed by atoms with Crippen molar-refractivity contribution in [3.05, 3.63) is 11.6 Å². The summed E-state index contributed by atoms with van der Waals surface area (Å²) in [4.78, 5) is 10.3. The molecule has 1 rings (SSSR count). The third-order valence-corrected chi connectivity index (χ3v) is 1.24. The van der Waals surface area contributed by atoms with E-state index in [2.05, 4.69) is 9.11 Å². The third-order valence-electron chi connectivity index (χ3n) is 0.671. The topological polar surface area (TPSA) is 39.2 Å². The zero-order valence-electron chi connectivity index (χ0n) is 4.83. The van der Waals surface area contributed by atoms with Gasteiger partial charge in [-0.1, -0.05) is 0 Å². The summed E-state index contributed by atoms with van der Waals surface area (Å²) < 4.78 is 8.40. The molecule has 0 radical (unpaired) electrons. The van der Waals surface area contributed by atoms with Crippen LogP contribution in [-0.2, 0) is 4.79 Å². The fraction of sp³-hybridized carbons (Fsp3) is 0.200. The van der Waals surface area contributed by atoms with Gasteiger partial charge in [-0.25, -0.2) is 0 Å². The monoisotopic (exact) mass is 143 g/mol.